The van der Waals surface area contributed by atoms with E-state index < -0.39 is 11.9 Å². The first-order valence-electron chi connectivity index (χ1n) is 9.01. The molecular formula is C21H23Cl2NO3. The second-order valence-corrected chi connectivity index (χ2v) is 8.58. The van der Waals surface area contributed by atoms with E-state index in [1.54, 1.807) is 19.1 Å². The fourth-order valence-electron chi connectivity index (χ4n) is 3.97. The molecule has 3 rings (SSSR count). The number of halogens is 2. The van der Waals surface area contributed by atoms with E-state index in [0.29, 0.717) is 38.9 Å². The van der Waals surface area contributed by atoms with Crippen molar-refractivity contribution in [1.29, 1.82) is 0 Å². The average Bonchev–Trinajstić information content (AvgIpc) is 2.55. The number of esters is 1. The minimum absolute atomic E-state index is 0.0177. The quantitative estimate of drug-likeness (QED) is 0.702. The molecule has 27 heavy (non-hydrogen) atoms. The number of rotatable bonds is 3. The smallest absolute Gasteiger partial charge is 0.336 e. The minimum Gasteiger partial charge on any atom is -0.463 e. The number of Topliss-reactive ketones (excluding diaryl/α,β-unsaturated/α-hetero) is 1. The van der Waals surface area contributed by atoms with Crippen LogP contribution in [0, 0.1) is 5.41 Å². The first-order valence-corrected chi connectivity index (χ1v) is 9.77. The molecule has 0 fully saturated rings. The molecule has 144 valence electrons. The number of benzene rings is 1. The van der Waals surface area contributed by atoms with Gasteiger partial charge < -0.3 is 10.1 Å². The van der Waals surface area contributed by atoms with Crippen molar-refractivity contribution in [2.24, 2.45) is 5.41 Å². The van der Waals surface area contributed by atoms with Crippen LogP contribution in [0.2, 0.25) is 10.0 Å². The Hall–Kier alpha value is -1.78. The van der Waals surface area contributed by atoms with Crippen LogP contribution in [-0.4, -0.2) is 18.4 Å². The zero-order valence-corrected chi connectivity index (χ0v) is 17.4. The van der Waals surface area contributed by atoms with Gasteiger partial charge in [-0.15, -0.1) is 0 Å². The molecule has 0 saturated carbocycles. The number of dihydropyridines is 1. The lowest BCUT2D eigenvalue weighted by atomic mass is 9.68. The number of allylic oxidation sites excluding steroid dienone is 3. The molecule has 6 heteroatoms. The van der Waals surface area contributed by atoms with Crippen LogP contribution in [0.25, 0.3) is 0 Å². The van der Waals surface area contributed by atoms with E-state index in [-0.39, 0.29) is 17.8 Å². The molecule has 2 aliphatic rings. The molecule has 1 unspecified atom stereocenters. The zero-order valence-electron chi connectivity index (χ0n) is 15.9. The fourth-order valence-corrected chi connectivity index (χ4v) is 4.39. The Kier molecular flexibility index (Phi) is 5.42. The molecule has 1 N–H and O–H groups in total. The molecule has 4 nitrogen and oxygen atoms in total. The summed E-state index contributed by atoms with van der Waals surface area (Å²) in [6.07, 6.45) is 1.13. The number of nitrogens with one attached hydrogen (secondary N) is 1. The third-order valence-electron chi connectivity index (χ3n) is 5.03. The van der Waals surface area contributed by atoms with Crippen LogP contribution >= 0.6 is 23.2 Å². The fraction of sp³-hybridized carbons (Fsp3) is 0.429. The predicted molar refractivity (Wildman–Crippen MR) is 107 cm³/mol. The van der Waals surface area contributed by atoms with E-state index in [1.807, 2.05) is 13.0 Å². The maximum Gasteiger partial charge on any atom is 0.336 e. The SMILES string of the molecule is CCOC(=O)C1=C(C)NC2=C(C(=O)CC(C)(C)C2)C1c1cccc(Cl)c1Cl. The van der Waals surface area contributed by atoms with Crippen molar-refractivity contribution in [3.63, 3.8) is 0 Å². The summed E-state index contributed by atoms with van der Waals surface area (Å²) in [5, 5.41) is 4.03. The van der Waals surface area contributed by atoms with Crippen LogP contribution in [0.3, 0.4) is 0 Å². The van der Waals surface area contributed by atoms with Crippen molar-refractivity contribution in [2.45, 2.75) is 46.5 Å². The molecule has 0 bridgehead atoms. The van der Waals surface area contributed by atoms with Gasteiger partial charge in [0.15, 0.2) is 5.78 Å². The van der Waals surface area contributed by atoms with Crippen molar-refractivity contribution in [2.75, 3.05) is 6.61 Å². The van der Waals surface area contributed by atoms with E-state index in [9.17, 15) is 9.59 Å². The highest BCUT2D eigenvalue weighted by molar-refractivity contribution is 6.42. The Morgan fingerprint density at radius 3 is 2.67 bits per heavy atom. The van der Waals surface area contributed by atoms with E-state index in [4.69, 9.17) is 27.9 Å². The van der Waals surface area contributed by atoms with Gasteiger partial charge in [-0.2, -0.15) is 0 Å². The summed E-state index contributed by atoms with van der Waals surface area (Å²) < 4.78 is 5.28. The van der Waals surface area contributed by atoms with Crippen molar-refractivity contribution in [1.82, 2.24) is 5.32 Å². The van der Waals surface area contributed by atoms with Gasteiger partial charge >= 0.3 is 5.97 Å². The third-order valence-corrected chi connectivity index (χ3v) is 5.86. The van der Waals surface area contributed by atoms with Gasteiger partial charge in [-0.05, 0) is 37.3 Å². The van der Waals surface area contributed by atoms with E-state index in [0.717, 1.165) is 12.1 Å². The summed E-state index contributed by atoms with van der Waals surface area (Å²) in [4.78, 5) is 25.9. The molecular weight excluding hydrogens is 385 g/mol. The molecule has 1 aromatic rings. The second kappa shape index (κ2) is 7.33. The maximum atomic E-state index is 13.1. The molecule has 1 heterocycles. The highest BCUT2D eigenvalue weighted by atomic mass is 35.5. The highest BCUT2D eigenvalue weighted by Crippen LogP contribution is 2.48. The van der Waals surface area contributed by atoms with Gasteiger partial charge in [-0.1, -0.05) is 49.2 Å². The summed E-state index contributed by atoms with van der Waals surface area (Å²) in [7, 11) is 0. The van der Waals surface area contributed by atoms with Crippen molar-refractivity contribution in [3.8, 4) is 0 Å². The first kappa shape index (κ1) is 20.0. The molecule has 1 aliphatic heterocycles. The number of carbonyl (C=O) groups excluding carboxylic acids is 2. The lowest BCUT2D eigenvalue weighted by molar-refractivity contribution is -0.138. The zero-order chi connectivity index (χ0) is 19.9. The molecule has 0 amide bonds. The lowest BCUT2D eigenvalue weighted by Crippen LogP contribution is -2.38. The van der Waals surface area contributed by atoms with Gasteiger partial charge in [0.2, 0.25) is 0 Å². The number of carbonyl (C=O) groups is 2. The topological polar surface area (TPSA) is 55.4 Å². The van der Waals surface area contributed by atoms with Crippen LogP contribution < -0.4 is 5.32 Å². The number of ether oxygens (including phenoxy) is 1. The van der Waals surface area contributed by atoms with Crippen molar-refractivity contribution in [3.05, 3.63) is 56.3 Å². The Bertz CT molecular complexity index is 883. The normalized spacial score (nSPS) is 21.7. The van der Waals surface area contributed by atoms with Crippen LogP contribution in [0.5, 0.6) is 0 Å². The summed E-state index contributed by atoms with van der Waals surface area (Å²) in [5.41, 5.74) is 3.03. The molecule has 1 aromatic carbocycles. The van der Waals surface area contributed by atoms with Crippen LogP contribution in [0.1, 0.15) is 52.0 Å². The number of hydrogen-bond acceptors (Lipinski definition) is 4. The molecule has 1 aliphatic carbocycles. The van der Waals surface area contributed by atoms with Gasteiger partial charge in [-0.25, -0.2) is 4.79 Å². The first-order chi connectivity index (χ1) is 12.7. The Balaban J connectivity index is 2.24. The highest BCUT2D eigenvalue weighted by Gasteiger charge is 2.43. The van der Waals surface area contributed by atoms with Crippen molar-refractivity contribution >= 4 is 35.0 Å². The molecule has 0 saturated heterocycles. The van der Waals surface area contributed by atoms with Crippen LogP contribution in [0.4, 0.5) is 0 Å². The molecule has 0 spiro atoms. The van der Waals surface area contributed by atoms with Crippen LogP contribution in [-0.2, 0) is 14.3 Å². The maximum absolute atomic E-state index is 13.1. The van der Waals surface area contributed by atoms with E-state index >= 15 is 0 Å². The Morgan fingerprint density at radius 1 is 1.30 bits per heavy atom. The Labute approximate surface area is 169 Å². The summed E-state index contributed by atoms with van der Waals surface area (Å²) in [6, 6.07) is 5.28. The predicted octanol–water partition coefficient (Wildman–Crippen LogP) is 5.16. The largest absolute Gasteiger partial charge is 0.463 e. The van der Waals surface area contributed by atoms with E-state index in [2.05, 4.69) is 19.2 Å². The van der Waals surface area contributed by atoms with Gasteiger partial charge in [0, 0.05) is 29.3 Å². The second-order valence-electron chi connectivity index (χ2n) is 7.79. The van der Waals surface area contributed by atoms with Crippen LogP contribution in [0.15, 0.2) is 40.7 Å². The van der Waals surface area contributed by atoms with Gasteiger partial charge in [0.05, 0.1) is 22.2 Å². The standard InChI is InChI=1S/C21H23Cl2NO3/c1-5-27-20(26)16-11(2)24-14-9-21(3,4)10-15(25)18(14)17(16)12-7-6-8-13(22)19(12)23/h6-8,17,24H,5,9-10H2,1-4H3. The summed E-state index contributed by atoms with van der Waals surface area (Å²) in [6.45, 7) is 7.96. The van der Waals surface area contributed by atoms with Gasteiger partial charge in [-0.3, -0.25) is 4.79 Å². The van der Waals surface area contributed by atoms with Gasteiger partial charge in [0.25, 0.3) is 0 Å². The number of ketones is 1. The average molecular weight is 408 g/mol. The lowest BCUT2D eigenvalue weighted by Gasteiger charge is -2.39. The summed E-state index contributed by atoms with van der Waals surface area (Å²) in [5.74, 6) is -1.02. The van der Waals surface area contributed by atoms with Gasteiger partial charge in [0.1, 0.15) is 0 Å². The molecule has 0 aromatic heterocycles. The Morgan fingerprint density at radius 2 is 2.00 bits per heavy atom. The monoisotopic (exact) mass is 407 g/mol. The minimum atomic E-state index is -0.588. The summed E-state index contributed by atoms with van der Waals surface area (Å²) >= 11 is 12.7. The molecule has 1 atom stereocenters. The van der Waals surface area contributed by atoms with E-state index in [1.165, 1.54) is 0 Å². The third kappa shape index (κ3) is 3.65. The van der Waals surface area contributed by atoms with Crippen molar-refractivity contribution < 1.29 is 14.3 Å². The molecule has 0 radical (unpaired) electrons. The number of hydrogen-bond donors (Lipinski definition) is 1.